The third kappa shape index (κ3) is 5.58. The third-order valence-electron chi connectivity index (χ3n) is 3.18. The molecule has 0 rings (SSSR count). The van der Waals surface area contributed by atoms with Gasteiger partial charge in [0.05, 0.1) is 18.7 Å². The minimum atomic E-state index is -0.953. The molecule has 0 aliphatic rings. The van der Waals surface area contributed by atoms with Crippen molar-refractivity contribution in [3.8, 4) is 6.07 Å². The molecule has 0 heterocycles. The lowest BCUT2D eigenvalue weighted by Crippen LogP contribution is -2.47. The van der Waals surface area contributed by atoms with Crippen molar-refractivity contribution in [2.45, 2.75) is 52.0 Å². The van der Waals surface area contributed by atoms with E-state index >= 15 is 0 Å². The Bertz CT molecular complexity index is 288. The number of hydrogen-bond acceptors (Lipinski definition) is 4. The summed E-state index contributed by atoms with van der Waals surface area (Å²) in [7, 11) is 1.55. The molecular weight excluding hydrogens is 244 g/mol. The van der Waals surface area contributed by atoms with Crippen LogP contribution in [0.15, 0.2) is 0 Å². The molecule has 1 atom stereocenters. The maximum Gasteiger partial charge on any atom is 0.240 e. The standard InChI is InChI=1S/C14H26N2O3/c1-4-7-14(11-15,8-5-2)13(18)16-12(6-9-17)10-19-3/h12,17H,4-10H2,1-3H3,(H,16,18). The Morgan fingerprint density at radius 2 is 2.00 bits per heavy atom. The summed E-state index contributed by atoms with van der Waals surface area (Å²) in [5.74, 6) is -0.241. The van der Waals surface area contributed by atoms with Crippen LogP contribution in [0.25, 0.3) is 0 Å². The summed E-state index contributed by atoms with van der Waals surface area (Å²) in [6, 6.07) is 1.95. The van der Waals surface area contributed by atoms with E-state index in [1.165, 1.54) is 0 Å². The molecule has 110 valence electrons. The highest BCUT2D eigenvalue weighted by Gasteiger charge is 2.37. The predicted molar refractivity (Wildman–Crippen MR) is 73.4 cm³/mol. The second-order valence-electron chi connectivity index (χ2n) is 4.83. The van der Waals surface area contributed by atoms with Crippen molar-refractivity contribution in [2.75, 3.05) is 20.3 Å². The maximum absolute atomic E-state index is 12.4. The van der Waals surface area contributed by atoms with Gasteiger partial charge < -0.3 is 15.2 Å². The fourth-order valence-electron chi connectivity index (χ4n) is 2.25. The first-order valence-corrected chi connectivity index (χ1v) is 6.92. The smallest absolute Gasteiger partial charge is 0.240 e. The molecule has 0 spiro atoms. The molecule has 19 heavy (non-hydrogen) atoms. The van der Waals surface area contributed by atoms with Crippen molar-refractivity contribution in [3.05, 3.63) is 0 Å². The van der Waals surface area contributed by atoms with Gasteiger partial charge in [0, 0.05) is 13.7 Å². The molecule has 0 fully saturated rings. The second kappa shape index (κ2) is 9.76. The molecule has 0 saturated heterocycles. The van der Waals surface area contributed by atoms with Crippen LogP contribution in [-0.4, -0.2) is 37.4 Å². The van der Waals surface area contributed by atoms with Crippen LogP contribution < -0.4 is 5.32 Å². The number of aliphatic hydroxyl groups is 1. The molecule has 0 aromatic heterocycles. The Morgan fingerprint density at radius 1 is 1.42 bits per heavy atom. The molecule has 0 aliphatic carbocycles. The summed E-state index contributed by atoms with van der Waals surface area (Å²) >= 11 is 0. The van der Waals surface area contributed by atoms with Crippen LogP contribution in [-0.2, 0) is 9.53 Å². The summed E-state index contributed by atoms with van der Waals surface area (Å²) in [6.07, 6.45) is 3.12. The fourth-order valence-corrected chi connectivity index (χ4v) is 2.25. The van der Waals surface area contributed by atoms with E-state index < -0.39 is 5.41 Å². The van der Waals surface area contributed by atoms with Crippen molar-refractivity contribution in [1.82, 2.24) is 5.32 Å². The molecule has 0 saturated carbocycles. The number of nitriles is 1. The molecule has 5 nitrogen and oxygen atoms in total. The van der Waals surface area contributed by atoms with Crippen molar-refractivity contribution in [3.63, 3.8) is 0 Å². The average molecular weight is 270 g/mol. The molecule has 0 radical (unpaired) electrons. The number of amides is 1. The number of methoxy groups -OCH3 is 1. The summed E-state index contributed by atoms with van der Waals surface area (Å²) in [5.41, 5.74) is -0.953. The quantitative estimate of drug-likeness (QED) is 0.632. The molecule has 0 bridgehead atoms. The summed E-state index contributed by atoms with van der Waals surface area (Å²) < 4.78 is 5.01. The summed E-state index contributed by atoms with van der Waals surface area (Å²) in [4.78, 5) is 12.4. The van der Waals surface area contributed by atoms with Crippen LogP contribution in [0.3, 0.4) is 0 Å². The van der Waals surface area contributed by atoms with E-state index in [1.54, 1.807) is 7.11 Å². The number of nitrogens with zero attached hydrogens (tertiary/aromatic N) is 1. The minimum absolute atomic E-state index is 0.0184. The highest BCUT2D eigenvalue weighted by Crippen LogP contribution is 2.29. The Labute approximate surface area is 115 Å². The van der Waals surface area contributed by atoms with Gasteiger partial charge in [-0.1, -0.05) is 26.7 Å². The zero-order chi connectivity index (χ0) is 14.7. The van der Waals surface area contributed by atoms with Crippen LogP contribution in [0.2, 0.25) is 0 Å². The topological polar surface area (TPSA) is 82.4 Å². The Kier molecular flexibility index (Phi) is 9.19. The molecule has 0 aromatic rings. The van der Waals surface area contributed by atoms with Gasteiger partial charge in [-0.05, 0) is 19.3 Å². The normalized spacial score (nSPS) is 12.8. The van der Waals surface area contributed by atoms with Gasteiger partial charge in [0.15, 0.2) is 0 Å². The van der Waals surface area contributed by atoms with Gasteiger partial charge in [-0.2, -0.15) is 5.26 Å². The van der Waals surface area contributed by atoms with E-state index in [-0.39, 0.29) is 18.6 Å². The molecule has 5 heteroatoms. The average Bonchev–Trinajstić information content (AvgIpc) is 2.38. The van der Waals surface area contributed by atoms with E-state index in [0.717, 1.165) is 12.8 Å². The van der Waals surface area contributed by atoms with Crippen molar-refractivity contribution >= 4 is 5.91 Å². The van der Waals surface area contributed by atoms with Crippen molar-refractivity contribution in [1.29, 1.82) is 5.26 Å². The highest BCUT2D eigenvalue weighted by atomic mass is 16.5. The number of carbonyl (C=O) groups is 1. The van der Waals surface area contributed by atoms with Gasteiger partial charge in [0.2, 0.25) is 5.91 Å². The van der Waals surface area contributed by atoms with Gasteiger partial charge >= 0.3 is 0 Å². The fraction of sp³-hybridized carbons (Fsp3) is 0.857. The first kappa shape index (κ1) is 17.9. The van der Waals surface area contributed by atoms with Crippen LogP contribution in [0.1, 0.15) is 46.0 Å². The third-order valence-corrected chi connectivity index (χ3v) is 3.18. The van der Waals surface area contributed by atoms with Crippen molar-refractivity contribution < 1.29 is 14.6 Å². The lowest BCUT2D eigenvalue weighted by molar-refractivity contribution is -0.130. The number of hydrogen-bond donors (Lipinski definition) is 2. The van der Waals surface area contributed by atoms with E-state index in [9.17, 15) is 10.1 Å². The molecule has 1 unspecified atom stereocenters. The minimum Gasteiger partial charge on any atom is -0.396 e. The van der Waals surface area contributed by atoms with E-state index in [0.29, 0.717) is 25.9 Å². The van der Waals surface area contributed by atoms with Crippen LogP contribution in [0.5, 0.6) is 0 Å². The molecule has 0 aromatic carbocycles. The zero-order valence-corrected chi connectivity index (χ0v) is 12.2. The first-order valence-electron chi connectivity index (χ1n) is 6.92. The largest absolute Gasteiger partial charge is 0.396 e. The van der Waals surface area contributed by atoms with E-state index in [1.807, 2.05) is 13.8 Å². The van der Waals surface area contributed by atoms with E-state index in [4.69, 9.17) is 9.84 Å². The van der Waals surface area contributed by atoms with Crippen LogP contribution in [0.4, 0.5) is 0 Å². The van der Waals surface area contributed by atoms with Crippen LogP contribution in [0, 0.1) is 16.7 Å². The predicted octanol–water partition coefficient (Wildman–Crippen LogP) is 1.61. The Balaban J connectivity index is 4.83. The molecule has 1 amide bonds. The number of aliphatic hydroxyl groups excluding tert-OH is 1. The number of rotatable bonds is 10. The zero-order valence-electron chi connectivity index (χ0n) is 12.2. The SMILES string of the molecule is CCCC(C#N)(CCC)C(=O)NC(CCO)COC. The van der Waals surface area contributed by atoms with Gasteiger partial charge in [-0.25, -0.2) is 0 Å². The van der Waals surface area contributed by atoms with Gasteiger partial charge in [0.25, 0.3) is 0 Å². The lowest BCUT2D eigenvalue weighted by Gasteiger charge is -2.27. The first-order chi connectivity index (χ1) is 9.10. The molecular formula is C14H26N2O3. The second-order valence-corrected chi connectivity index (χ2v) is 4.83. The number of nitrogens with one attached hydrogen (secondary N) is 1. The van der Waals surface area contributed by atoms with Crippen molar-refractivity contribution in [2.24, 2.45) is 5.41 Å². The van der Waals surface area contributed by atoms with Gasteiger partial charge in [-0.15, -0.1) is 0 Å². The Hall–Kier alpha value is -1.12. The molecule has 0 aliphatic heterocycles. The lowest BCUT2D eigenvalue weighted by atomic mass is 9.79. The maximum atomic E-state index is 12.4. The van der Waals surface area contributed by atoms with E-state index in [2.05, 4.69) is 11.4 Å². The number of ether oxygens (including phenoxy) is 1. The van der Waals surface area contributed by atoms with Crippen LogP contribution >= 0.6 is 0 Å². The summed E-state index contributed by atoms with van der Waals surface area (Å²) in [6.45, 7) is 4.26. The monoisotopic (exact) mass is 270 g/mol. The van der Waals surface area contributed by atoms with Gasteiger partial charge in [-0.3, -0.25) is 4.79 Å². The number of carbonyl (C=O) groups excluding carboxylic acids is 1. The Morgan fingerprint density at radius 3 is 2.37 bits per heavy atom. The highest BCUT2D eigenvalue weighted by molar-refractivity contribution is 5.85. The van der Waals surface area contributed by atoms with Gasteiger partial charge in [0.1, 0.15) is 5.41 Å². The summed E-state index contributed by atoms with van der Waals surface area (Å²) in [5, 5.41) is 21.2. The molecule has 2 N–H and O–H groups in total.